The molecule has 0 aliphatic rings. The normalized spacial score (nSPS) is 12.4. The SMILES string of the molecule is Cc1cccc(CC(O)c2ccncc2Cl)c1. The molecule has 0 aliphatic carbocycles. The summed E-state index contributed by atoms with van der Waals surface area (Å²) >= 11 is 5.99. The van der Waals surface area contributed by atoms with Crippen LogP contribution in [0.5, 0.6) is 0 Å². The highest BCUT2D eigenvalue weighted by atomic mass is 35.5. The second-order valence-corrected chi connectivity index (χ2v) is 4.51. The highest BCUT2D eigenvalue weighted by Crippen LogP contribution is 2.24. The monoisotopic (exact) mass is 247 g/mol. The Kier molecular flexibility index (Phi) is 3.77. The van der Waals surface area contributed by atoms with Crippen LogP contribution in [0.4, 0.5) is 0 Å². The number of aromatic nitrogens is 1. The van der Waals surface area contributed by atoms with Crippen LogP contribution in [-0.2, 0) is 6.42 Å². The second-order valence-electron chi connectivity index (χ2n) is 4.11. The number of hydrogen-bond acceptors (Lipinski definition) is 2. The van der Waals surface area contributed by atoms with E-state index < -0.39 is 6.10 Å². The Morgan fingerprint density at radius 3 is 2.88 bits per heavy atom. The van der Waals surface area contributed by atoms with E-state index in [0.717, 1.165) is 11.1 Å². The van der Waals surface area contributed by atoms with Gasteiger partial charge in [0.05, 0.1) is 11.1 Å². The van der Waals surface area contributed by atoms with Crippen LogP contribution in [0.25, 0.3) is 0 Å². The van der Waals surface area contributed by atoms with Crippen LogP contribution < -0.4 is 0 Å². The molecule has 3 heteroatoms. The van der Waals surface area contributed by atoms with Gasteiger partial charge in [-0.15, -0.1) is 0 Å². The van der Waals surface area contributed by atoms with Gasteiger partial charge in [0.25, 0.3) is 0 Å². The summed E-state index contributed by atoms with van der Waals surface area (Å²) in [4.78, 5) is 3.91. The largest absolute Gasteiger partial charge is 0.388 e. The molecular formula is C14H14ClNO. The maximum Gasteiger partial charge on any atom is 0.0845 e. The van der Waals surface area contributed by atoms with Crippen LogP contribution in [0.15, 0.2) is 42.7 Å². The minimum atomic E-state index is -0.590. The van der Waals surface area contributed by atoms with Gasteiger partial charge < -0.3 is 5.11 Å². The third-order valence-corrected chi connectivity index (χ3v) is 2.99. The summed E-state index contributed by atoms with van der Waals surface area (Å²) in [5.74, 6) is 0. The fraction of sp³-hybridized carbons (Fsp3) is 0.214. The first-order valence-electron chi connectivity index (χ1n) is 5.50. The van der Waals surface area contributed by atoms with E-state index >= 15 is 0 Å². The number of rotatable bonds is 3. The van der Waals surface area contributed by atoms with Gasteiger partial charge in [-0.1, -0.05) is 41.4 Å². The lowest BCUT2D eigenvalue weighted by Crippen LogP contribution is -2.03. The lowest BCUT2D eigenvalue weighted by molar-refractivity contribution is 0.178. The molecule has 0 amide bonds. The number of nitrogens with zero attached hydrogens (tertiary/aromatic N) is 1. The Morgan fingerprint density at radius 2 is 2.18 bits per heavy atom. The summed E-state index contributed by atoms with van der Waals surface area (Å²) in [6.07, 6.45) is 3.16. The van der Waals surface area contributed by atoms with E-state index in [4.69, 9.17) is 11.6 Å². The summed E-state index contributed by atoms with van der Waals surface area (Å²) in [5, 5.41) is 10.6. The maximum atomic E-state index is 10.1. The number of aryl methyl sites for hydroxylation is 1. The molecule has 0 radical (unpaired) electrons. The van der Waals surface area contributed by atoms with Crippen molar-refractivity contribution in [1.29, 1.82) is 0 Å². The van der Waals surface area contributed by atoms with Crippen molar-refractivity contribution in [1.82, 2.24) is 4.98 Å². The molecule has 17 heavy (non-hydrogen) atoms. The van der Waals surface area contributed by atoms with Gasteiger partial charge in [0.2, 0.25) is 0 Å². The van der Waals surface area contributed by atoms with Gasteiger partial charge in [-0.3, -0.25) is 4.98 Å². The molecule has 0 spiro atoms. The molecule has 0 saturated carbocycles. The summed E-state index contributed by atoms with van der Waals surface area (Å²) < 4.78 is 0. The van der Waals surface area contributed by atoms with E-state index in [1.807, 2.05) is 25.1 Å². The molecule has 2 rings (SSSR count). The Bertz CT molecular complexity index is 513. The van der Waals surface area contributed by atoms with Crippen molar-refractivity contribution in [2.24, 2.45) is 0 Å². The van der Waals surface area contributed by atoms with Gasteiger partial charge >= 0.3 is 0 Å². The summed E-state index contributed by atoms with van der Waals surface area (Å²) in [6.45, 7) is 2.04. The Balaban J connectivity index is 2.17. The highest BCUT2D eigenvalue weighted by molar-refractivity contribution is 6.31. The zero-order chi connectivity index (χ0) is 12.3. The van der Waals surface area contributed by atoms with Gasteiger partial charge in [-0.25, -0.2) is 0 Å². The number of pyridine rings is 1. The van der Waals surface area contributed by atoms with Crippen LogP contribution in [0.2, 0.25) is 5.02 Å². The van der Waals surface area contributed by atoms with Gasteiger partial charge in [-0.2, -0.15) is 0 Å². The minimum absolute atomic E-state index is 0.507. The van der Waals surface area contributed by atoms with Crippen molar-refractivity contribution in [2.45, 2.75) is 19.4 Å². The first-order valence-corrected chi connectivity index (χ1v) is 5.87. The van der Waals surface area contributed by atoms with E-state index in [1.54, 1.807) is 18.5 Å². The highest BCUT2D eigenvalue weighted by Gasteiger charge is 2.12. The summed E-state index contributed by atoms with van der Waals surface area (Å²) in [6, 6.07) is 9.85. The number of aliphatic hydroxyl groups excluding tert-OH is 1. The molecule has 2 aromatic rings. The number of aliphatic hydroxyl groups is 1. The zero-order valence-electron chi connectivity index (χ0n) is 9.60. The van der Waals surface area contributed by atoms with E-state index in [1.165, 1.54) is 5.56 Å². The quantitative estimate of drug-likeness (QED) is 0.903. The van der Waals surface area contributed by atoms with Crippen molar-refractivity contribution in [3.63, 3.8) is 0 Å². The van der Waals surface area contributed by atoms with Gasteiger partial charge in [0.1, 0.15) is 0 Å². The third-order valence-electron chi connectivity index (χ3n) is 2.67. The molecule has 1 N–H and O–H groups in total. The van der Waals surface area contributed by atoms with Crippen molar-refractivity contribution in [3.8, 4) is 0 Å². The number of hydrogen-bond donors (Lipinski definition) is 1. The first kappa shape index (κ1) is 12.1. The molecule has 1 aromatic carbocycles. The van der Waals surface area contributed by atoms with Crippen molar-refractivity contribution >= 4 is 11.6 Å². The zero-order valence-corrected chi connectivity index (χ0v) is 10.4. The van der Waals surface area contributed by atoms with Crippen molar-refractivity contribution in [2.75, 3.05) is 0 Å². The Morgan fingerprint density at radius 1 is 1.35 bits per heavy atom. The Labute approximate surface area is 106 Å². The third kappa shape index (κ3) is 3.05. The first-order chi connectivity index (χ1) is 8.16. The van der Waals surface area contributed by atoms with Crippen LogP contribution in [0.1, 0.15) is 22.8 Å². The molecule has 0 bridgehead atoms. The molecule has 2 nitrogen and oxygen atoms in total. The predicted molar refractivity (Wildman–Crippen MR) is 69.1 cm³/mol. The van der Waals surface area contributed by atoms with Gasteiger partial charge in [-0.05, 0) is 18.6 Å². The smallest absolute Gasteiger partial charge is 0.0845 e. The van der Waals surface area contributed by atoms with Crippen LogP contribution in [-0.4, -0.2) is 10.1 Å². The predicted octanol–water partition coefficient (Wildman–Crippen LogP) is 3.32. The molecule has 1 atom stereocenters. The van der Waals surface area contributed by atoms with E-state index in [9.17, 15) is 5.11 Å². The maximum absolute atomic E-state index is 10.1. The summed E-state index contributed by atoms with van der Waals surface area (Å²) in [5.41, 5.74) is 3.02. The standard InChI is InChI=1S/C14H14ClNO/c1-10-3-2-4-11(7-10)8-14(17)12-5-6-16-9-13(12)15/h2-7,9,14,17H,8H2,1H3. The minimum Gasteiger partial charge on any atom is -0.388 e. The van der Waals surface area contributed by atoms with Crippen molar-refractivity contribution in [3.05, 3.63) is 64.4 Å². The number of benzene rings is 1. The van der Waals surface area contributed by atoms with Crippen LogP contribution in [0, 0.1) is 6.92 Å². The van der Waals surface area contributed by atoms with Gasteiger partial charge in [0.15, 0.2) is 0 Å². The average molecular weight is 248 g/mol. The molecule has 1 heterocycles. The fourth-order valence-corrected chi connectivity index (χ4v) is 2.07. The van der Waals surface area contributed by atoms with Crippen LogP contribution in [0.3, 0.4) is 0 Å². The molecule has 1 unspecified atom stereocenters. The average Bonchev–Trinajstić information content (AvgIpc) is 2.29. The molecule has 0 fully saturated rings. The van der Waals surface area contributed by atoms with E-state index in [2.05, 4.69) is 11.1 Å². The topological polar surface area (TPSA) is 33.1 Å². The molecule has 0 aliphatic heterocycles. The lowest BCUT2D eigenvalue weighted by Gasteiger charge is -2.12. The summed E-state index contributed by atoms with van der Waals surface area (Å²) in [7, 11) is 0. The molecular weight excluding hydrogens is 234 g/mol. The molecule has 0 saturated heterocycles. The lowest BCUT2D eigenvalue weighted by atomic mass is 10.0. The van der Waals surface area contributed by atoms with Crippen molar-refractivity contribution < 1.29 is 5.11 Å². The fourth-order valence-electron chi connectivity index (χ4n) is 1.83. The second kappa shape index (κ2) is 5.30. The molecule has 1 aromatic heterocycles. The molecule has 88 valence electrons. The Hall–Kier alpha value is -1.38. The van der Waals surface area contributed by atoms with E-state index in [0.29, 0.717) is 11.4 Å². The van der Waals surface area contributed by atoms with E-state index in [-0.39, 0.29) is 0 Å². The number of halogens is 1. The van der Waals surface area contributed by atoms with Crippen LogP contribution >= 0.6 is 11.6 Å². The van der Waals surface area contributed by atoms with Gasteiger partial charge in [0, 0.05) is 24.4 Å².